The predicted molar refractivity (Wildman–Crippen MR) is 117 cm³/mol. The largest absolute Gasteiger partial charge is 0.337 e. The van der Waals surface area contributed by atoms with E-state index in [1.165, 1.54) is 22.0 Å². The molecule has 5 rings (SSSR count). The van der Waals surface area contributed by atoms with Gasteiger partial charge >= 0.3 is 0 Å². The fourth-order valence-corrected chi connectivity index (χ4v) is 4.82. The molecule has 0 N–H and O–H groups in total. The first-order chi connectivity index (χ1) is 14.2. The molecule has 2 aromatic heterocycles. The summed E-state index contributed by atoms with van der Waals surface area (Å²) in [5, 5.41) is 2.29. The van der Waals surface area contributed by atoms with Gasteiger partial charge in [0.2, 0.25) is 0 Å². The molecule has 3 heterocycles. The van der Waals surface area contributed by atoms with Crippen molar-refractivity contribution in [3.63, 3.8) is 0 Å². The molecular formula is C25H25N3O. The normalized spacial score (nSPS) is 15.9. The molecule has 0 spiro atoms. The Morgan fingerprint density at radius 1 is 1.00 bits per heavy atom. The van der Waals surface area contributed by atoms with Crippen LogP contribution in [-0.4, -0.2) is 33.3 Å². The molecular weight excluding hydrogens is 358 g/mol. The summed E-state index contributed by atoms with van der Waals surface area (Å²) < 4.78 is 2.48. The van der Waals surface area contributed by atoms with Crippen molar-refractivity contribution in [2.24, 2.45) is 0 Å². The fourth-order valence-electron chi connectivity index (χ4n) is 4.82. The monoisotopic (exact) mass is 383 g/mol. The number of carbonyl (C=O) groups is 1. The second-order valence-corrected chi connectivity index (χ2v) is 8.01. The highest BCUT2D eigenvalue weighted by molar-refractivity contribution is 6.18. The number of hydrogen-bond acceptors (Lipinski definition) is 3. The topological polar surface area (TPSA) is 38.1 Å². The molecule has 0 amide bonds. The minimum atomic E-state index is 0.129. The van der Waals surface area contributed by atoms with Crippen LogP contribution < -0.4 is 0 Å². The van der Waals surface area contributed by atoms with Gasteiger partial charge in [-0.1, -0.05) is 36.4 Å². The highest BCUT2D eigenvalue weighted by Crippen LogP contribution is 2.37. The third kappa shape index (κ3) is 3.23. The Hall–Kier alpha value is -2.98. The number of carbonyl (C=O) groups excluding carboxylic acids is 1. The van der Waals surface area contributed by atoms with Crippen molar-refractivity contribution in [1.82, 2.24) is 14.5 Å². The van der Waals surface area contributed by atoms with Gasteiger partial charge in [0.1, 0.15) is 0 Å². The number of rotatable bonds is 4. The summed E-state index contributed by atoms with van der Waals surface area (Å²) in [6.45, 7) is 4.76. The first-order valence-corrected chi connectivity index (χ1v) is 10.4. The van der Waals surface area contributed by atoms with E-state index in [1.807, 2.05) is 30.6 Å². The Bertz CT molecular complexity index is 1170. The lowest BCUT2D eigenvalue weighted by molar-refractivity contribution is 0.101. The van der Waals surface area contributed by atoms with Gasteiger partial charge in [0.15, 0.2) is 5.78 Å². The molecule has 1 saturated heterocycles. The van der Waals surface area contributed by atoms with Gasteiger partial charge in [-0.05, 0) is 43.5 Å². The van der Waals surface area contributed by atoms with Crippen molar-refractivity contribution in [3.8, 4) is 0 Å². The van der Waals surface area contributed by atoms with Crippen LogP contribution in [-0.2, 0) is 6.54 Å². The summed E-state index contributed by atoms with van der Waals surface area (Å²) in [6.07, 6.45) is 6.01. The van der Waals surface area contributed by atoms with Gasteiger partial charge in [-0.3, -0.25) is 14.7 Å². The van der Waals surface area contributed by atoms with E-state index in [4.69, 9.17) is 0 Å². The molecule has 0 bridgehead atoms. The average Bonchev–Trinajstić information content (AvgIpc) is 3.09. The third-order valence-corrected chi connectivity index (χ3v) is 6.17. The summed E-state index contributed by atoms with van der Waals surface area (Å²) >= 11 is 0. The van der Waals surface area contributed by atoms with E-state index in [1.54, 1.807) is 6.92 Å². The zero-order valence-corrected chi connectivity index (χ0v) is 16.7. The van der Waals surface area contributed by atoms with E-state index in [2.05, 4.69) is 50.8 Å². The van der Waals surface area contributed by atoms with E-state index in [-0.39, 0.29) is 5.78 Å². The van der Waals surface area contributed by atoms with Crippen LogP contribution in [0.25, 0.3) is 21.8 Å². The lowest BCUT2D eigenvalue weighted by Crippen LogP contribution is -2.34. The van der Waals surface area contributed by atoms with Crippen LogP contribution in [0.15, 0.2) is 67.0 Å². The number of fused-ring (bicyclic) bond motifs is 3. The van der Waals surface area contributed by atoms with Gasteiger partial charge in [-0.25, -0.2) is 0 Å². The van der Waals surface area contributed by atoms with Gasteiger partial charge in [-0.15, -0.1) is 0 Å². The van der Waals surface area contributed by atoms with Crippen LogP contribution in [0.1, 0.15) is 41.7 Å². The Labute approximate surface area is 170 Å². The number of Topliss-reactive ketones (excluding diaryl/α,β-unsaturated/α-hetero) is 1. The molecule has 4 aromatic rings. The lowest BCUT2D eigenvalue weighted by atomic mass is 10.0. The van der Waals surface area contributed by atoms with Crippen molar-refractivity contribution in [2.75, 3.05) is 13.1 Å². The van der Waals surface area contributed by atoms with Crippen molar-refractivity contribution >= 4 is 27.6 Å². The fraction of sp³-hybridized carbons (Fsp3) is 0.280. The van der Waals surface area contributed by atoms with Gasteiger partial charge in [0.25, 0.3) is 0 Å². The molecule has 4 heteroatoms. The minimum absolute atomic E-state index is 0.129. The van der Waals surface area contributed by atoms with Gasteiger partial charge in [0.05, 0.1) is 5.52 Å². The first kappa shape index (κ1) is 18.1. The maximum absolute atomic E-state index is 12.3. The molecule has 2 aromatic carbocycles. The molecule has 4 nitrogen and oxygen atoms in total. The quantitative estimate of drug-likeness (QED) is 0.453. The molecule has 146 valence electrons. The molecule has 0 radical (unpaired) electrons. The number of likely N-dealkylation sites (tertiary alicyclic amines) is 1. The van der Waals surface area contributed by atoms with Crippen molar-refractivity contribution < 1.29 is 4.79 Å². The van der Waals surface area contributed by atoms with Gasteiger partial charge in [0, 0.05) is 59.9 Å². The van der Waals surface area contributed by atoms with E-state index in [9.17, 15) is 4.79 Å². The third-order valence-electron chi connectivity index (χ3n) is 6.17. The molecule has 29 heavy (non-hydrogen) atoms. The van der Waals surface area contributed by atoms with Crippen LogP contribution in [0.5, 0.6) is 0 Å². The Morgan fingerprint density at radius 3 is 2.55 bits per heavy atom. The van der Waals surface area contributed by atoms with E-state index >= 15 is 0 Å². The molecule has 0 aliphatic carbocycles. The van der Waals surface area contributed by atoms with Crippen LogP contribution in [0.2, 0.25) is 0 Å². The van der Waals surface area contributed by atoms with E-state index in [0.717, 1.165) is 43.4 Å². The van der Waals surface area contributed by atoms with Crippen LogP contribution >= 0.6 is 0 Å². The van der Waals surface area contributed by atoms with E-state index < -0.39 is 0 Å². The minimum Gasteiger partial charge on any atom is -0.337 e. The Morgan fingerprint density at radius 2 is 1.79 bits per heavy atom. The molecule has 1 aliphatic rings. The number of pyridine rings is 1. The van der Waals surface area contributed by atoms with Crippen molar-refractivity contribution in [3.05, 3.63) is 78.1 Å². The molecule has 0 atom stereocenters. The lowest BCUT2D eigenvalue weighted by Gasteiger charge is -2.33. The molecule has 0 unspecified atom stereocenters. The number of nitrogens with zero attached hydrogens (tertiary/aromatic N) is 3. The Balaban J connectivity index is 1.49. The summed E-state index contributed by atoms with van der Waals surface area (Å²) in [6, 6.07) is 19.3. The summed E-state index contributed by atoms with van der Waals surface area (Å²) in [5.41, 5.74) is 4.52. The smallest absolute Gasteiger partial charge is 0.160 e. The SMILES string of the molecule is CC(=O)c1cccc2c1c1ccccc1n2C1CCN(Cc2cccnc2)CC1. The number of hydrogen-bond donors (Lipinski definition) is 0. The number of aromatic nitrogens is 2. The second kappa shape index (κ2) is 7.45. The van der Waals surface area contributed by atoms with E-state index in [0.29, 0.717) is 6.04 Å². The highest BCUT2D eigenvalue weighted by atomic mass is 16.1. The molecule has 1 aliphatic heterocycles. The van der Waals surface area contributed by atoms with Crippen molar-refractivity contribution in [2.45, 2.75) is 32.4 Å². The van der Waals surface area contributed by atoms with Crippen molar-refractivity contribution in [1.29, 1.82) is 0 Å². The van der Waals surface area contributed by atoms with Gasteiger partial charge in [-0.2, -0.15) is 0 Å². The highest BCUT2D eigenvalue weighted by Gasteiger charge is 2.25. The number of piperidine rings is 1. The maximum Gasteiger partial charge on any atom is 0.160 e. The zero-order valence-electron chi connectivity index (χ0n) is 16.7. The first-order valence-electron chi connectivity index (χ1n) is 10.4. The number of ketones is 1. The second-order valence-electron chi connectivity index (χ2n) is 8.01. The predicted octanol–water partition coefficient (Wildman–Crippen LogP) is 5.23. The van der Waals surface area contributed by atoms with Crippen LogP contribution in [0.4, 0.5) is 0 Å². The van der Waals surface area contributed by atoms with Crippen LogP contribution in [0.3, 0.4) is 0 Å². The summed E-state index contributed by atoms with van der Waals surface area (Å²) in [7, 11) is 0. The van der Waals surface area contributed by atoms with Crippen LogP contribution in [0, 0.1) is 0 Å². The number of benzene rings is 2. The summed E-state index contributed by atoms with van der Waals surface area (Å²) in [4.78, 5) is 19.0. The molecule has 0 saturated carbocycles. The average molecular weight is 383 g/mol. The standard InChI is InChI=1S/C25H25N3O/c1-18(29)21-8-4-10-24-25(21)22-7-2-3-9-23(22)28(24)20-11-14-27(15-12-20)17-19-6-5-13-26-16-19/h2-10,13,16,20H,11-12,14-15,17H2,1H3. The van der Waals surface area contributed by atoms with Gasteiger partial charge < -0.3 is 4.57 Å². The zero-order chi connectivity index (χ0) is 19.8. The Kier molecular flexibility index (Phi) is 4.64. The summed E-state index contributed by atoms with van der Waals surface area (Å²) in [5.74, 6) is 0.129. The number of para-hydroxylation sites is 1. The molecule has 1 fully saturated rings. The maximum atomic E-state index is 12.3.